The third kappa shape index (κ3) is 2.92. The van der Waals surface area contributed by atoms with Crippen molar-refractivity contribution in [3.05, 3.63) is 66.0 Å². The average molecular weight is 352 g/mol. The number of nitrogens with zero attached hydrogens (tertiary/aromatic N) is 4. The van der Waals surface area contributed by atoms with E-state index in [4.69, 9.17) is 0 Å². The number of pyridine rings is 1. The van der Waals surface area contributed by atoms with Crippen LogP contribution in [0.3, 0.4) is 0 Å². The molecule has 0 atom stereocenters. The Labute approximate surface area is 151 Å². The summed E-state index contributed by atoms with van der Waals surface area (Å²) in [6.45, 7) is 4.75. The number of carbonyl (C=O) groups excluding carboxylic acids is 1. The molecule has 4 rings (SSSR count). The monoisotopic (exact) mass is 352 g/mol. The van der Waals surface area contributed by atoms with Crippen LogP contribution in [0.1, 0.15) is 23.2 Å². The lowest BCUT2D eigenvalue weighted by Gasteiger charge is -2.35. The van der Waals surface area contributed by atoms with Crippen LogP contribution in [-0.2, 0) is 6.42 Å². The second-order valence-electron chi connectivity index (χ2n) is 6.44. The molecule has 0 aliphatic carbocycles. The van der Waals surface area contributed by atoms with Gasteiger partial charge in [0, 0.05) is 44.5 Å². The number of halogens is 1. The summed E-state index contributed by atoms with van der Waals surface area (Å²) in [5.74, 6) is 0.641. The zero-order valence-corrected chi connectivity index (χ0v) is 14.7. The van der Waals surface area contributed by atoms with E-state index < -0.39 is 0 Å². The maximum absolute atomic E-state index is 13.1. The lowest BCUT2D eigenvalue weighted by atomic mass is 10.2. The number of piperazine rings is 1. The van der Waals surface area contributed by atoms with Gasteiger partial charge in [-0.25, -0.2) is 9.37 Å². The number of benzene rings is 1. The fourth-order valence-corrected chi connectivity index (χ4v) is 3.48. The number of hydrogen-bond donors (Lipinski definition) is 0. The Hall–Kier alpha value is -2.89. The van der Waals surface area contributed by atoms with Crippen LogP contribution in [0.25, 0.3) is 5.52 Å². The number of imidazole rings is 1. The van der Waals surface area contributed by atoms with E-state index in [9.17, 15) is 9.18 Å². The molecule has 3 heterocycles. The molecule has 1 aliphatic heterocycles. The Morgan fingerprint density at radius 2 is 1.81 bits per heavy atom. The number of anilines is 1. The summed E-state index contributed by atoms with van der Waals surface area (Å²) in [5.41, 5.74) is 2.37. The van der Waals surface area contributed by atoms with Crippen LogP contribution in [0, 0.1) is 5.82 Å². The van der Waals surface area contributed by atoms with Crippen molar-refractivity contribution in [1.29, 1.82) is 0 Å². The summed E-state index contributed by atoms with van der Waals surface area (Å²) in [4.78, 5) is 21.6. The van der Waals surface area contributed by atoms with Gasteiger partial charge in [0.1, 0.15) is 11.6 Å². The van der Waals surface area contributed by atoms with Crippen molar-refractivity contribution in [3.8, 4) is 0 Å². The summed E-state index contributed by atoms with van der Waals surface area (Å²) >= 11 is 0. The molecule has 6 heteroatoms. The minimum Gasteiger partial charge on any atom is -0.368 e. The van der Waals surface area contributed by atoms with Crippen molar-refractivity contribution < 1.29 is 9.18 Å². The largest absolute Gasteiger partial charge is 0.368 e. The van der Waals surface area contributed by atoms with Gasteiger partial charge in [0.25, 0.3) is 5.91 Å². The molecule has 0 spiro atoms. The van der Waals surface area contributed by atoms with E-state index in [0.29, 0.717) is 18.8 Å². The first-order chi connectivity index (χ1) is 12.7. The van der Waals surface area contributed by atoms with Crippen molar-refractivity contribution in [3.63, 3.8) is 0 Å². The van der Waals surface area contributed by atoms with Gasteiger partial charge in [0.2, 0.25) is 0 Å². The number of hydrogen-bond acceptors (Lipinski definition) is 3. The van der Waals surface area contributed by atoms with E-state index in [1.165, 1.54) is 12.1 Å². The smallest absolute Gasteiger partial charge is 0.274 e. The Morgan fingerprint density at radius 3 is 2.50 bits per heavy atom. The van der Waals surface area contributed by atoms with Gasteiger partial charge in [-0.2, -0.15) is 0 Å². The van der Waals surface area contributed by atoms with Crippen molar-refractivity contribution >= 4 is 17.1 Å². The topological polar surface area (TPSA) is 40.9 Å². The highest BCUT2D eigenvalue weighted by atomic mass is 19.1. The van der Waals surface area contributed by atoms with E-state index in [2.05, 4.69) is 9.88 Å². The average Bonchev–Trinajstić information content (AvgIpc) is 3.07. The van der Waals surface area contributed by atoms with Crippen molar-refractivity contribution in [2.75, 3.05) is 31.1 Å². The molecule has 1 aliphatic rings. The molecule has 134 valence electrons. The highest BCUT2D eigenvalue weighted by Crippen LogP contribution is 2.20. The van der Waals surface area contributed by atoms with Crippen LogP contribution in [-0.4, -0.2) is 46.4 Å². The minimum atomic E-state index is -0.235. The number of amides is 1. The molecule has 26 heavy (non-hydrogen) atoms. The van der Waals surface area contributed by atoms with Gasteiger partial charge in [0.15, 0.2) is 5.69 Å². The SMILES string of the molecule is CCc1nc(C(=O)N2CCN(c3ccc(F)cc3)CC2)c2ccccn12. The molecule has 0 N–H and O–H groups in total. The van der Waals surface area contributed by atoms with Gasteiger partial charge in [-0.15, -0.1) is 0 Å². The summed E-state index contributed by atoms with van der Waals surface area (Å²) in [5, 5.41) is 0. The first kappa shape index (κ1) is 16.6. The zero-order chi connectivity index (χ0) is 18.1. The molecule has 1 aromatic carbocycles. The molecule has 2 aromatic heterocycles. The second kappa shape index (κ2) is 6.78. The standard InChI is InChI=1S/C20H21FN4O/c1-2-18-22-19(17-5-3-4-10-25(17)18)20(26)24-13-11-23(12-14-24)16-8-6-15(21)7-9-16/h3-10H,2,11-14H2,1H3. The van der Waals surface area contributed by atoms with Crippen LogP contribution < -0.4 is 4.90 Å². The molecular weight excluding hydrogens is 331 g/mol. The predicted molar refractivity (Wildman–Crippen MR) is 99.1 cm³/mol. The van der Waals surface area contributed by atoms with Crippen LogP contribution in [0.5, 0.6) is 0 Å². The predicted octanol–water partition coefficient (Wildman–Crippen LogP) is 3.00. The zero-order valence-electron chi connectivity index (χ0n) is 14.7. The van der Waals surface area contributed by atoms with Crippen LogP contribution in [0.4, 0.5) is 10.1 Å². The molecular formula is C20H21FN4O. The number of aryl methyl sites for hydroxylation is 1. The Bertz CT molecular complexity index is 927. The molecule has 0 saturated carbocycles. The fourth-order valence-electron chi connectivity index (χ4n) is 3.48. The number of fused-ring (bicyclic) bond motifs is 1. The maximum atomic E-state index is 13.1. The molecule has 5 nitrogen and oxygen atoms in total. The van der Waals surface area contributed by atoms with Gasteiger partial charge in [-0.05, 0) is 36.4 Å². The molecule has 1 amide bonds. The van der Waals surface area contributed by atoms with E-state index in [1.807, 2.05) is 40.6 Å². The van der Waals surface area contributed by atoms with Crippen LogP contribution >= 0.6 is 0 Å². The van der Waals surface area contributed by atoms with Gasteiger partial charge < -0.3 is 14.2 Å². The Morgan fingerprint density at radius 1 is 1.08 bits per heavy atom. The van der Waals surface area contributed by atoms with Crippen LogP contribution in [0.2, 0.25) is 0 Å². The fraction of sp³-hybridized carbons (Fsp3) is 0.300. The first-order valence-electron chi connectivity index (χ1n) is 8.93. The second-order valence-corrected chi connectivity index (χ2v) is 6.44. The molecule has 0 radical (unpaired) electrons. The van der Waals surface area contributed by atoms with E-state index in [0.717, 1.165) is 36.5 Å². The Kier molecular flexibility index (Phi) is 4.32. The minimum absolute atomic E-state index is 0.0212. The van der Waals surface area contributed by atoms with E-state index in [1.54, 1.807) is 12.1 Å². The van der Waals surface area contributed by atoms with Crippen LogP contribution in [0.15, 0.2) is 48.7 Å². The number of rotatable bonds is 3. The molecule has 3 aromatic rings. The van der Waals surface area contributed by atoms with Crippen molar-refractivity contribution in [1.82, 2.24) is 14.3 Å². The quantitative estimate of drug-likeness (QED) is 0.728. The molecule has 0 bridgehead atoms. The van der Waals surface area contributed by atoms with Crippen molar-refractivity contribution in [2.24, 2.45) is 0 Å². The third-order valence-corrected chi connectivity index (χ3v) is 4.90. The summed E-state index contributed by atoms with van der Waals surface area (Å²) < 4.78 is 15.1. The Balaban J connectivity index is 1.51. The summed E-state index contributed by atoms with van der Waals surface area (Å²) in [6.07, 6.45) is 2.72. The number of carbonyl (C=O) groups is 1. The van der Waals surface area contributed by atoms with E-state index in [-0.39, 0.29) is 11.7 Å². The summed E-state index contributed by atoms with van der Waals surface area (Å²) in [7, 11) is 0. The third-order valence-electron chi connectivity index (χ3n) is 4.90. The van der Waals surface area contributed by atoms with Crippen molar-refractivity contribution in [2.45, 2.75) is 13.3 Å². The van der Waals surface area contributed by atoms with Gasteiger partial charge >= 0.3 is 0 Å². The summed E-state index contributed by atoms with van der Waals surface area (Å²) in [6, 6.07) is 12.3. The molecule has 1 fully saturated rings. The first-order valence-corrected chi connectivity index (χ1v) is 8.93. The lowest BCUT2D eigenvalue weighted by Crippen LogP contribution is -2.49. The van der Waals surface area contributed by atoms with Gasteiger partial charge in [-0.3, -0.25) is 4.79 Å². The normalized spacial score (nSPS) is 14.8. The van der Waals surface area contributed by atoms with E-state index >= 15 is 0 Å². The molecule has 0 unspecified atom stereocenters. The molecule has 1 saturated heterocycles. The highest BCUT2D eigenvalue weighted by molar-refractivity contribution is 5.99. The maximum Gasteiger partial charge on any atom is 0.274 e. The highest BCUT2D eigenvalue weighted by Gasteiger charge is 2.26. The lowest BCUT2D eigenvalue weighted by molar-refractivity contribution is 0.0743. The van der Waals surface area contributed by atoms with Gasteiger partial charge in [-0.1, -0.05) is 13.0 Å². The van der Waals surface area contributed by atoms with Gasteiger partial charge in [0.05, 0.1) is 5.52 Å². The number of aromatic nitrogens is 2.